The average Bonchev–Trinajstić information content (AvgIpc) is 3.08. The highest BCUT2D eigenvalue weighted by molar-refractivity contribution is 5.60. The molecular weight excluding hydrogens is 332 g/mol. The lowest BCUT2D eigenvalue weighted by atomic mass is 10.1. The van der Waals surface area contributed by atoms with Crippen molar-refractivity contribution < 1.29 is 9.59 Å². The monoisotopic (exact) mass is 379 g/mol. The van der Waals surface area contributed by atoms with Gasteiger partial charge in [-0.3, -0.25) is 4.48 Å². The van der Waals surface area contributed by atoms with Gasteiger partial charge in [-0.05, 0) is 39.0 Å². The normalized spacial score (nSPS) is 22.3. The number of hydrogen-bond acceptors (Lipinski definition) is 2. The highest BCUT2D eigenvalue weighted by Gasteiger charge is 2.36. The van der Waals surface area contributed by atoms with E-state index in [0.29, 0.717) is 6.17 Å². The molecule has 0 aromatic heterocycles. The predicted molar refractivity (Wildman–Crippen MR) is 119 cm³/mol. The van der Waals surface area contributed by atoms with E-state index in [-0.39, 0.29) is 6.61 Å². The van der Waals surface area contributed by atoms with Crippen molar-refractivity contribution in [1.82, 2.24) is 0 Å². The van der Waals surface area contributed by atoms with Gasteiger partial charge in [0, 0.05) is 6.42 Å². The Morgan fingerprint density at radius 2 is 1.48 bits per heavy atom. The Labute approximate surface area is 169 Å². The summed E-state index contributed by atoms with van der Waals surface area (Å²) in [6, 6.07) is 0. The van der Waals surface area contributed by atoms with Crippen LogP contribution < -0.4 is 0 Å². The number of hydrogen-bond donors (Lipinski definition) is 1. The quantitative estimate of drug-likeness (QED) is 0.170. The first kappa shape index (κ1) is 24.4. The largest absolute Gasteiger partial charge is 0.391 e. The summed E-state index contributed by atoms with van der Waals surface area (Å²) in [5.41, 5.74) is 0. The molecule has 158 valence electrons. The van der Waals surface area contributed by atoms with E-state index in [0.717, 1.165) is 30.5 Å². The van der Waals surface area contributed by atoms with Crippen molar-refractivity contribution in [3.63, 3.8) is 0 Å². The van der Waals surface area contributed by atoms with Gasteiger partial charge in [0.2, 0.25) is 0 Å². The molecule has 0 spiro atoms. The van der Waals surface area contributed by atoms with Crippen molar-refractivity contribution >= 4 is 6.21 Å². The fourth-order valence-electron chi connectivity index (χ4n) is 4.28. The molecule has 0 aromatic carbocycles. The van der Waals surface area contributed by atoms with Crippen molar-refractivity contribution in [3.8, 4) is 0 Å². The van der Waals surface area contributed by atoms with Crippen molar-refractivity contribution in [3.05, 3.63) is 12.2 Å². The number of aliphatic hydroxyl groups is 1. The number of unbranched alkanes of at least 4 members (excludes halogenated alkanes) is 11. The van der Waals surface area contributed by atoms with E-state index in [1.54, 1.807) is 0 Å². The van der Waals surface area contributed by atoms with Gasteiger partial charge in [-0.1, -0.05) is 70.4 Å². The second-order valence-corrected chi connectivity index (χ2v) is 8.35. The smallest absolute Gasteiger partial charge is 0.182 e. The second kappa shape index (κ2) is 16.3. The molecule has 1 aliphatic heterocycles. The lowest BCUT2D eigenvalue weighted by molar-refractivity contribution is -0.936. The van der Waals surface area contributed by atoms with E-state index in [9.17, 15) is 5.11 Å². The van der Waals surface area contributed by atoms with E-state index in [4.69, 9.17) is 4.99 Å². The van der Waals surface area contributed by atoms with Crippen molar-refractivity contribution in [2.24, 2.45) is 4.99 Å². The lowest BCUT2D eigenvalue weighted by Gasteiger charge is -2.37. The van der Waals surface area contributed by atoms with Gasteiger partial charge in [0.25, 0.3) is 0 Å². The van der Waals surface area contributed by atoms with Crippen LogP contribution in [0.2, 0.25) is 0 Å². The minimum absolute atomic E-state index is 0.273. The molecule has 0 bridgehead atoms. The minimum atomic E-state index is 0.273. The molecule has 0 radical (unpaired) electrons. The van der Waals surface area contributed by atoms with Crippen LogP contribution in [0.15, 0.2) is 17.1 Å². The van der Waals surface area contributed by atoms with E-state index in [2.05, 4.69) is 32.2 Å². The van der Waals surface area contributed by atoms with Gasteiger partial charge < -0.3 is 5.11 Å². The maximum absolute atomic E-state index is 9.36. The summed E-state index contributed by atoms with van der Waals surface area (Å²) in [6.45, 7) is 7.71. The Balaban J connectivity index is 1.94. The van der Waals surface area contributed by atoms with Crippen LogP contribution in [0, 0.1) is 0 Å². The summed E-state index contributed by atoms with van der Waals surface area (Å²) >= 11 is 0. The molecule has 3 heteroatoms. The Hall–Kier alpha value is -0.670. The van der Waals surface area contributed by atoms with Gasteiger partial charge >= 0.3 is 0 Å². The molecule has 0 saturated carbocycles. The molecular formula is C24H47N2O+. The summed E-state index contributed by atoms with van der Waals surface area (Å²) in [5.74, 6) is 0. The molecule has 0 aromatic rings. The topological polar surface area (TPSA) is 32.6 Å². The third-order valence-electron chi connectivity index (χ3n) is 6.25. The number of aliphatic imine (C=N–C) groups is 1. The van der Waals surface area contributed by atoms with Crippen LogP contribution in [-0.2, 0) is 0 Å². The molecule has 2 atom stereocenters. The van der Waals surface area contributed by atoms with Gasteiger partial charge in [0.1, 0.15) is 13.1 Å². The number of nitrogens with zero attached hydrogens (tertiary/aromatic N) is 2. The first-order valence-electron chi connectivity index (χ1n) is 11.9. The van der Waals surface area contributed by atoms with E-state index < -0.39 is 0 Å². The molecule has 2 unspecified atom stereocenters. The zero-order chi connectivity index (χ0) is 19.6. The molecule has 0 saturated heterocycles. The van der Waals surface area contributed by atoms with Crippen LogP contribution in [0.1, 0.15) is 104 Å². The SMILES string of the molecule is CCCCCCCCCCC/C=C/CCCCC1N=CC[N+]1(CC)CCO. The number of quaternary nitrogens is 1. The zero-order valence-corrected chi connectivity index (χ0v) is 18.4. The van der Waals surface area contributed by atoms with Crippen molar-refractivity contribution in [1.29, 1.82) is 0 Å². The van der Waals surface area contributed by atoms with Gasteiger partial charge in [0.05, 0.1) is 19.4 Å². The maximum Gasteiger partial charge on any atom is 0.182 e. The molecule has 0 fully saturated rings. The summed E-state index contributed by atoms with van der Waals surface area (Å²) in [4.78, 5) is 4.70. The fraction of sp³-hybridized carbons (Fsp3) is 0.875. The molecule has 3 nitrogen and oxygen atoms in total. The van der Waals surface area contributed by atoms with Crippen molar-refractivity contribution in [2.45, 2.75) is 110 Å². The molecule has 0 amide bonds. The molecule has 1 N–H and O–H groups in total. The predicted octanol–water partition coefficient (Wildman–Crippen LogP) is 6.26. The lowest BCUT2D eigenvalue weighted by Crippen LogP contribution is -2.53. The van der Waals surface area contributed by atoms with Crippen LogP contribution in [-0.4, -0.2) is 48.2 Å². The highest BCUT2D eigenvalue weighted by Crippen LogP contribution is 2.23. The summed E-state index contributed by atoms with van der Waals surface area (Å²) in [5, 5.41) is 9.36. The standard InChI is InChI=1S/C24H47N2O/c1-3-5-6-7-8-9-10-11-12-13-14-15-16-17-18-19-24-25-20-21-26(24,4-2)22-23-27/h14-15,20,24,27H,3-13,16-19,21-23H2,1-2H3/q+1/b15-14+. The van der Waals surface area contributed by atoms with Gasteiger partial charge in [-0.25, -0.2) is 4.99 Å². The van der Waals surface area contributed by atoms with Crippen LogP contribution in [0.5, 0.6) is 0 Å². The fourth-order valence-corrected chi connectivity index (χ4v) is 4.28. The first-order chi connectivity index (χ1) is 13.3. The molecule has 1 rings (SSSR count). The number of rotatable bonds is 18. The first-order valence-corrected chi connectivity index (χ1v) is 11.9. The summed E-state index contributed by atoms with van der Waals surface area (Å²) in [7, 11) is 0. The Morgan fingerprint density at radius 1 is 0.889 bits per heavy atom. The van der Waals surface area contributed by atoms with Gasteiger partial charge in [-0.2, -0.15) is 0 Å². The molecule has 1 aliphatic rings. The minimum Gasteiger partial charge on any atom is -0.391 e. The Morgan fingerprint density at radius 3 is 2.07 bits per heavy atom. The zero-order valence-electron chi connectivity index (χ0n) is 18.4. The number of allylic oxidation sites excluding steroid dienone is 2. The molecule has 0 aliphatic carbocycles. The van der Waals surface area contributed by atoms with Crippen molar-refractivity contribution in [2.75, 3.05) is 26.2 Å². The van der Waals surface area contributed by atoms with Crippen LogP contribution >= 0.6 is 0 Å². The van der Waals surface area contributed by atoms with Gasteiger partial charge in [-0.15, -0.1) is 0 Å². The second-order valence-electron chi connectivity index (χ2n) is 8.35. The summed E-state index contributed by atoms with van der Waals surface area (Å²) in [6.07, 6.45) is 26.1. The van der Waals surface area contributed by atoms with Crippen LogP contribution in [0.4, 0.5) is 0 Å². The maximum atomic E-state index is 9.36. The average molecular weight is 380 g/mol. The third kappa shape index (κ3) is 10.4. The van der Waals surface area contributed by atoms with E-state index in [1.807, 2.05) is 0 Å². The third-order valence-corrected chi connectivity index (χ3v) is 6.25. The molecule has 27 heavy (non-hydrogen) atoms. The Kier molecular flexibility index (Phi) is 14.7. The number of aliphatic hydroxyl groups excluding tert-OH is 1. The number of likely N-dealkylation sites (N-methyl/N-ethyl adjacent to an activating group) is 1. The van der Waals surface area contributed by atoms with Gasteiger partial charge in [0.15, 0.2) is 6.17 Å². The van der Waals surface area contributed by atoms with E-state index >= 15 is 0 Å². The molecule has 1 heterocycles. The van der Waals surface area contributed by atoms with E-state index in [1.165, 1.54) is 83.5 Å². The highest BCUT2D eigenvalue weighted by atomic mass is 16.3. The summed E-state index contributed by atoms with van der Waals surface area (Å²) < 4.78 is 0.963. The van der Waals surface area contributed by atoms with Crippen LogP contribution in [0.3, 0.4) is 0 Å². The van der Waals surface area contributed by atoms with Crippen LogP contribution in [0.25, 0.3) is 0 Å². The Bertz CT molecular complexity index is 394.